The van der Waals surface area contributed by atoms with E-state index in [4.69, 9.17) is 8.83 Å². The second kappa shape index (κ2) is 14.0. The zero-order valence-corrected chi connectivity index (χ0v) is 35.1. The Balaban J connectivity index is 1.11. The van der Waals surface area contributed by atoms with Gasteiger partial charge in [-0.25, -0.2) is 0 Å². The zero-order chi connectivity index (χ0) is 40.2. The number of aromatic nitrogens is 1. The summed E-state index contributed by atoms with van der Waals surface area (Å²) in [5, 5.41) is 7.81. The van der Waals surface area contributed by atoms with Crippen molar-refractivity contribution < 1.29 is 8.83 Å². The van der Waals surface area contributed by atoms with E-state index in [9.17, 15) is 0 Å². The van der Waals surface area contributed by atoms with Gasteiger partial charge in [-0.1, -0.05) is 136 Å². The molecule has 2 atom stereocenters. The molecule has 2 saturated carbocycles. The van der Waals surface area contributed by atoms with Gasteiger partial charge in [-0.3, -0.25) is 0 Å². The van der Waals surface area contributed by atoms with Gasteiger partial charge >= 0.3 is 0 Å². The van der Waals surface area contributed by atoms with Gasteiger partial charge in [0.25, 0.3) is 0 Å². The Hall–Kier alpha value is -6.06. The van der Waals surface area contributed by atoms with E-state index in [-0.39, 0.29) is 0 Å². The Kier molecular flexibility index (Phi) is 8.18. The number of furan rings is 2. The van der Waals surface area contributed by atoms with E-state index in [1.54, 1.807) is 0 Å². The first-order valence-electron chi connectivity index (χ1n) is 23.2. The SMILES string of the molecule is CC1c2ccccc2-c2ccccc2C[C@H]1c1ccc2oc3c(C4CCCCC4)c4oc5ccc(-n6c7ccccc7c7ccccc76)cc5c4c(C4CCCCC4)c3c2c1. The molecule has 0 N–H and O–H groups in total. The first-order valence-corrected chi connectivity index (χ1v) is 23.2. The summed E-state index contributed by atoms with van der Waals surface area (Å²) in [5.74, 6) is 1.55. The van der Waals surface area contributed by atoms with Gasteiger partial charge in [0.05, 0.1) is 11.0 Å². The van der Waals surface area contributed by atoms with Crippen molar-refractivity contribution >= 4 is 65.7 Å². The maximum atomic E-state index is 7.29. The third kappa shape index (κ3) is 5.41. The van der Waals surface area contributed by atoms with E-state index >= 15 is 0 Å². The van der Waals surface area contributed by atoms with Crippen molar-refractivity contribution in [1.82, 2.24) is 4.57 Å². The van der Waals surface area contributed by atoms with Crippen LogP contribution in [0.4, 0.5) is 0 Å². The Bertz CT molecular complexity index is 3290. The smallest absolute Gasteiger partial charge is 0.142 e. The molecule has 0 aliphatic heterocycles. The number of nitrogens with zero attached hydrogens (tertiary/aromatic N) is 1. The van der Waals surface area contributed by atoms with Gasteiger partial charge in [0.15, 0.2) is 0 Å². The molecule has 2 fully saturated rings. The highest BCUT2D eigenvalue weighted by Gasteiger charge is 2.34. The fourth-order valence-corrected chi connectivity index (χ4v) is 12.6. The van der Waals surface area contributed by atoms with Crippen molar-refractivity contribution in [3.05, 3.63) is 161 Å². The van der Waals surface area contributed by atoms with Gasteiger partial charge in [-0.2, -0.15) is 0 Å². The van der Waals surface area contributed by atoms with Crippen LogP contribution in [-0.4, -0.2) is 4.57 Å². The second-order valence-electron chi connectivity index (χ2n) is 18.8. The van der Waals surface area contributed by atoms with Crippen LogP contribution in [0.1, 0.15) is 123 Å². The van der Waals surface area contributed by atoms with E-state index in [1.807, 2.05) is 0 Å². The van der Waals surface area contributed by atoms with Crippen LogP contribution in [0.3, 0.4) is 0 Å². The van der Waals surface area contributed by atoms with Gasteiger partial charge in [0.2, 0.25) is 0 Å². The molecule has 1 unspecified atom stereocenters. The van der Waals surface area contributed by atoms with Gasteiger partial charge in [0.1, 0.15) is 22.3 Å². The van der Waals surface area contributed by atoms with E-state index in [0.717, 1.165) is 28.8 Å². The van der Waals surface area contributed by atoms with E-state index in [0.29, 0.717) is 23.7 Å². The maximum absolute atomic E-state index is 7.29. The Labute approximate surface area is 357 Å². The van der Waals surface area contributed by atoms with Crippen LogP contribution in [0.15, 0.2) is 142 Å². The summed E-state index contributed by atoms with van der Waals surface area (Å²) >= 11 is 0. The largest absolute Gasteiger partial charge is 0.456 e. The molecule has 13 rings (SSSR count). The molecule has 61 heavy (non-hydrogen) atoms. The number of fused-ring (bicyclic) bond motifs is 12. The highest BCUT2D eigenvalue weighted by molar-refractivity contribution is 6.21. The molecule has 10 aromatic rings. The molecule has 0 radical (unpaired) electrons. The molecule has 3 aromatic heterocycles. The van der Waals surface area contributed by atoms with Crippen LogP contribution in [0.2, 0.25) is 0 Å². The summed E-state index contributed by atoms with van der Waals surface area (Å²) in [6.07, 6.45) is 13.4. The molecule has 3 aliphatic carbocycles. The van der Waals surface area contributed by atoms with E-state index in [1.165, 1.54) is 152 Å². The van der Waals surface area contributed by atoms with Crippen LogP contribution in [0.5, 0.6) is 0 Å². The summed E-state index contributed by atoms with van der Waals surface area (Å²) in [7, 11) is 0. The summed E-state index contributed by atoms with van der Waals surface area (Å²) in [6.45, 7) is 2.46. The van der Waals surface area contributed by atoms with Gasteiger partial charge in [0, 0.05) is 43.6 Å². The van der Waals surface area contributed by atoms with Gasteiger partial charge < -0.3 is 13.4 Å². The number of benzene rings is 7. The lowest BCUT2D eigenvalue weighted by molar-refractivity contribution is 0.439. The molecule has 3 nitrogen and oxygen atoms in total. The zero-order valence-electron chi connectivity index (χ0n) is 35.1. The molecule has 3 heteroatoms. The molecular formula is C58H51NO2. The topological polar surface area (TPSA) is 31.2 Å². The average molecular weight is 794 g/mol. The predicted molar refractivity (Wildman–Crippen MR) is 254 cm³/mol. The van der Waals surface area contributed by atoms with Gasteiger partial charge in [-0.05, 0) is 132 Å². The Morgan fingerprint density at radius 3 is 1.74 bits per heavy atom. The fraction of sp³-hybridized carbons (Fsp3) is 0.276. The summed E-state index contributed by atoms with van der Waals surface area (Å²) in [5.41, 5.74) is 17.7. The average Bonchev–Trinajstić information content (AvgIpc) is 3.97. The van der Waals surface area contributed by atoms with Crippen molar-refractivity contribution in [2.75, 3.05) is 0 Å². The first-order chi connectivity index (χ1) is 30.2. The maximum Gasteiger partial charge on any atom is 0.142 e. The molecule has 0 amide bonds. The summed E-state index contributed by atoms with van der Waals surface area (Å²) < 4.78 is 17.0. The molecule has 3 aliphatic rings. The number of para-hydroxylation sites is 2. The minimum absolute atomic E-state index is 0.336. The summed E-state index contributed by atoms with van der Waals surface area (Å²) in [6, 6.07) is 50.2. The molecule has 0 saturated heterocycles. The van der Waals surface area contributed by atoms with Crippen molar-refractivity contribution in [2.24, 2.45) is 0 Å². The predicted octanol–water partition coefficient (Wildman–Crippen LogP) is 16.8. The lowest BCUT2D eigenvalue weighted by Gasteiger charge is -2.27. The lowest BCUT2D eigenvalue weighted by Crippen LogP contribution is -2.10. The van der Waals surface area contributed by atoms with E-state index in [2.05, 4.69) is 145 Å². The van der Waals surface area contributed by atoms with E-state index < -0.39 is 0 Å². The molecule has 3 heterocycles. The second-order valence-corrected chi connectivity index (χ2v) is 18.8. The third-order valence-electron chi connectivity index (χ3n) is 15.5. The van der Waals surface area contributed by atoms with Crippen LogP contribution >= 0.6 is 0 Å². The first kappa shape index (κ1) is 35.7. The van der Waals surface area contributed by atoms with Crippen molar-refractivity contribution in [3.8, 4) is 16.8 Å². The normalized spacial score (nSPS) is 19.0. The van der Waals surface area contributed by atoms with Crippen molar-refractivity contribution in [2.45, 2.75) is 101 Å². The minimum Gasteiger partial charge on any atom is -0.456 e. The number of hydrogen-bond acceptors (Lipinski definition) is 2. The van der Waals surface area contributed by atoms with Crippen LogP contribution < -0.4 is 0 Å². The standard InChI is InChI=1S/C58H51NO2/c1-35-41-21-10-11-23-43(41)42-22-9-8-20-38(42)32-46(35)39-28-30-51-47(33-39)55-53(36-16-4-2-5-17-36)56-48-34-40(59-49-26-14-12-24-44(49)45-25-13-15-27-50(45)59)29-31-52(48)61-58(56)54(57(55)60-51)37-18-6-3-7-19-37/h8-15,20-31,33-37,46H,2-7,16-19,32H2,1H3/t35?,46-/m1/s1. The van der Waals surface area contributed by atoms with Gasteiger partial charge in [-0.15, -0.1) is 0 Å². The van der Waals surface area contributed by atoms with Crippen LogP contribution in [-0.2, 0) is 6.42 Å². The Morgan fingerprint density at radius 2 is 1.05 bits per heavy atom. The number of hydrogen-bond donors (Lipinski definition) is 0. The molecule has 0 spiro atoms. The minimum atomic E-state index is 0.336. The van der Waals surface area contributed by atoms with Crippen LogP contribution in [0, 0.1) is 0 Å². The molecule has 7 aromatic carbocycles. The summed E-state index contributed by atoms with van der Waals surface area (Å²) in [4.78, 5) is 0. The Morgan fingerprint density at radius 1 is 0.492 bits per heavy atom. The fourth-order valence-electron chi connectivity index (χ4n) is 12.6. The molecule has 0 bridgehead atoms. The quantitative estimate of drug-likeness (QED) is 0.178. The lowest BCUT2D eigenvalue weighted by atomic mass is 9.76. The number of rotatable bonds is 4. The highest BCUT2D eigenvalue weighted by atomic mass is 16.3. The third-order valence-corrected chi connectivity index (χ3v) is 15.5. The van der Waals surface area contributed by atoms with Crippen molar-refractivity contribution in [1.29, 1.82) is 0 Å². The van der Waals surface area contributed by atoms with Crippen molar-refractivity contribution in [3.63, 3.8) is 0 Å². The molecular weight excluding hydrogens is 743 g/mol. The highest BCUT2D eigenvalue weighted by Crippen LogP contribution is 2.53. The monoisotopic (exact) mass is 793 g/mol. The molecule has 300 valence electrons. The van der Waals surface area contributed by atoms with Crippen LogP contribution in [0.25, 0.3) is 82.5 Å².